The van der Waals surface area contributed by atoms with Gasteiger partial charge in [0.15, 0.2) is 11.5 Å². The Morgan fingerprint density at radius 3 is 2.37 bits per heavy atom. The molecule has 0 radical (unpaired) electrons. The summed E-state index contributed by atoms with van der Waals surface area (Å²) in [6.07, 6.45) is 0. The molecule has 2 atom stereocenters. The Morgan fingerprint density at radius 2 is 1.60 bits per heavy atom. The minimum absolute atomic E-state index is 0.0413. The van der Waals surface area contributed by atoms with Crippen LogP contribution in [-0.4, -0.2) is 18.7 Å². The fraction of sp³-hybridized carbons (Fsp3) is 0.240. The molecule has 2 N–H and O–H groups in total. The standard InChI is InChI=1S/C25H26N2O3/c1-17(20-9-11-22(12-10-20)21-6-4-3-5-7-21)27-18(2)25(28)26-15-19-8-13-23-24(14-19)30-16-29-23/h3-14,17-18,27H,15-16H2,1-2H3,(H,26,28). The summed E-state index contributed by atoms with van der Waals surface area (Å²) >= 11 is 0. The quantitative estimate of drug-likeness (QED) is 0.614. The van der Waals surface area contributed by atoms with E-state index >= 15 is 0 Å². The van der Waals surface area contributed by atoms with Crippen molar-refractivity contribution < 1.29 is 14.3 Å². The van der Waals surface area contributed by atoms with E-state index in [9.17, 15) is 4.79 Å². The van der Waals surface area contributed by atoms with Crippen LogP contribution in [0.3, 0.4) is 0 Å². The van der Waals surface area contributed by atoms with E-state index < -0.39 is 0 Å². The molecule has 1 amide bonds. The van der Waals surface area contributed by atoms with Crippen LogP contribution in [0.2, 0.25) is 0 Å². The van der Waals surface area contributed by atoms with Gasteiger partial charge < -0.3 is 14.8 Å². The third-order valence-corrected chi connectivity index (χ3v) is 5.31. The minimum Gasteiger partial charge on any atom is -0.454 e. The van der Waals surface area contributed by atoms with E-state index in [0.717, 1.165) is 22.6 Å². The highest BCUT2D eigenvalue weighted by atomic mass is 16.7. The van der Waals surface area contributed by atoms with Gasteiger partial charge in [0, 0.05) is 12.6 Å². The zero-order valence-electron chi connectivity index (χ0n) is 17.2. The summed E-state index contributed by atoms with van der Waals surface area (Å²) in [5, 5.41) is 6.36. The second-order valence-electron chi connectivity index (χ2n) is 7.50. The molecule has 0 saturated carbocycles. The Balaban J connectivity index is 1.30. The smallest absolute Gasteiger partial charge is 0.237 e. The van der Waals surface area contributed by atoms with Crippen LogP contribution in [0.15, 0.2) is 72.8 Å². The summed E-state index contributed by atoms with van der Waals surface area (Å²) in [5.41, 5.74) is 4.50. The number of ether oxygens (including phenoxy) is 2. The molecule has 0 spiro atoms. The average molecular weight is 402 g/mol. The number of carbonyl (C=O) groups is 1. The van der Waals surface area contributed by atoms with Crippen LogP contribution < -0.4 is 20.1 Å². The number of rotatable bonds is 7. The molecule has 5 nitrogen and oxygen atoms in total. The minimum atomic E-state index is -0.317. The van der Waals surface area contributed by atoms with Crippen LogP contribution in [0.25, 0.3) is 11.1 Å². The van der Waals surface area contributed by atoms with Gasteiger partial charge in [-0.05, 0) is 48.2 Å². The molecule has 0 fully saturated rings. The largest absolute Gasteiger partial charge is 0.454 e. The molecule has 0 saturated heterocycles. The molecule has 2 unspecified atom stereocenters. The molecule has 4 rings (SSSR count). The van der Waals surface area contributed by atoms with E-state index in [1.165, 1.54) is 11.1 Å². The topological polar surface area (TPSA) is 59.6 Å². The van der Waals surface area contributed by atoms with Crippen LogP contribution in [0.4, 0.5) is 0 Å². The van der Waals surface area contributed by atoms with E-state index in [1.54, 1.807) is 0 Å². The number of fused-ring (bicyclic) bond motifs is 1. The number of nitrogens with one attached hydrogen (secondary N) is 2. The predicted molar refractivity (Wildman–Crippen MR) is 117 cm³/mol. The summed E-state index contributed by atoms with van der Waals surface area (Å²) in [5.74, 6) is 1.42. The van der Waals surface area contributed by atoms with Gasteiger partial charge in [-0.1, -0.05) is 60.7 Å². The van der Waals surface area contributed by atoms with E-state index in [4.69, 9.17) is 9.47 Å². The van der Waals surface area contributed by atoms with Crippen molar-refractivity contribution in [2.75, 3.05) is 6.79 Å². The lowest BCUT2D eigenvalue weighted by molar-refractivity contribution is -0.123. The highest BCUT2D eigenvalue weighted by Crippen LogP contribution is 2.32. The summed E-state index contributed by atoms with van der Waals surface area (Å²) in [7, 11) is 0. The first-order chi connectivity index (χ1) is 14.6. The molecule has 1 heterocycles. The zero-order valence-corrected chi connectivity index (χ0v) is 17.2. The molecular weight excluding hydrogens is 376 g/mol. The maximum Gasteiger partial charge on any atom is 0.237 e. The van der Waals surface area contributed by atoms with Crippen molar-refractivity contribution >= 4 is 5.91 Å². The molecule has 0 aliphatic carbocycles. The van der Waals surface area contributed by atoms with Crippen molar-refractivity contribution in [1.82, 2.24) is 10.6 Å². The van der Waals surface area contributed by atoms with Gasteiger partial charge in [-0.2, -0.15) is 0 Å². The lowest BCUT2D eigenvalue weighted by Crippen LogP contribution is -2.42. The Hall–Kier alpha value is -3.31. The molecular formula is C25H26N2O3. The third-order valence-electron chi connectivity index (χ3n) is 5.31. The lowest BCUT2D eigenvalue weighted by Gasteiger charge is -2.20. The SMILES string of the molecule is CC(NC(C)c1ccc(-c2ccccc2)cc1)C(=O)NCc1ccc2c(c1)OCO2. The molecule has 3 aromatic carbocycles. The number of amides is 1. The third kappa shape index (κ3) is 4.63. The summed E-state index contributed by atoms with van der Waals surface area (Å²) < 4.78 is 10.7. The van der Waals surface area contributed by atoms with Crippen molar-refractivity contribution in [2.45, 2.75) is 32.5 Å². The predicted octanol–water partition coefficient (Wildman–Crippen LogP) is 4.44. The van der Waals surface area contributed by atoms with Gasteiger partial charge in [0.25, 0.3) is 0 Å². The first-order valence-corrected chi connectivity index (χ1v) is 10.2. The van der Waals surface area contributed by atoms with Gasteiger partial charge in [0.1, 0.15) is 0 Å². The molecule has 154 valence electrons. The van der Waals surface area contributed by atoms with E-state index in [0.29, 0.717) is 6.54 Å². The molecule has 1 aliphatic rings. The van der Waals surface area contributed by atoms with Crippen LogP contribution in [-0.2, 0) is 11.3 Å². The number of carbonyl (C=O) groups excluding carboxylic acids is 1. The maximum absolute atomic E-state index is 12.5. The highest BCUT2D eigenvalue weighted by Gasteiger charge is 2.17. The Morgan fingerprint density at radius 1 is 0.900 bits per heavy atom. The summed E-state index contributed by atoms with van der Waals surface area (Å²) in [6, 6.07) is 24.2. The zero-order chi connectivity index (χ0) is 20.9. The van der Waals surface area contributed by atoms with Gasteiger partial charge in [-0.15, -0.1) is 0 Å². The van der Waals surface area contributed by atoms with Crippen molar-refractivity contribution in [2.24, 2.45) is 0 Å². The Labute approximate surface area is 177 Å². The fourth-order valence-corrected chi connectivity index (χ4v) is 3.53. The molecule has 3 aromatic rings. The molecule has 1 aliphatic heterocycles. The van der Waals surface area contributed by atoms with Gasteiger partial charge in [0.05, 0.1) is 6.04 Å². The van der Waals surface area contributed by atoms with Crippen molar-refractivity contribution in [3.63, 3.8) is 0 Å². The fourth-order valence-electron chi connectivity index (χ4n) is 3.53. The Kier molecular flexibility index (Phi) is 6.00. The van der Waals surface area contributed by atoms with Crippen LogP contribution in [0, 0.1) is 0 Å². The molecule has 0 bridgehead atoms. The van der Waals surface area contributed by atoms with Gasteiger partial charge in [-0.3, -0.25) is 10.1 Å². The van der Waals surface area contributed by atoms with Gasteiger partial charge in [0.2, 0.25) is 12.7 Å². The normalized spacial score (nSPS) is 14.2. The Bertz CT molecular complexity index is 1000. The number of hydrogen-bond donors (Lipinski definition) is 2. The molecule has 30 heavy (non-hydrogen) atoms. The van der Waals surface area contributed by atoms with Crippen LogP contribution >= 0.6 is 0 Å². The average Bonchev–Trinajstić information content (AvgIpc) is 3.26. The van der Waals surface area contributed by atoms with Crippen LogP contribution in [0.5, 0.6) is 11.5 Å². The van der Waals surface area contributed by atoms with Crippen molar-refractivity contribution in [3.8, 4) is 22.6 Å². The van der Waals surface area contributed by atoms with Crippen molar-refractivity contribution in [3.05, 3.63) is 83.9 Å². The van der Waals surface area contributed by atoms with E-state index in [2.05, 4.69) is 54.0 Å². The monoisotopic (exact) mass is 402 g/mol. The lowest BCUT2D eigenvalue weighted by atomic mass is 10.0. The first-order valence-electron chi connectivity index (χ1n) is 10.2. The maximum atomic E-state index is 12.5. The molecule has 0 aromatic heterocycles. The molecule has 5 heteroatoms. The van der Waals surface area contributed by atoms with E-state index in [-0.39, 0.29) is 24.8 Å². The second kappa shape index (κ2) is 9.01. The first kappa shape index (κ1) is 20.0. The summed E-state index contributed by atoms with van der Waals surface area (Å²) in [6.45, 7) is 4.64. The summed E-state index contributed by atoms with van der Waals surface area (Å²) in [4.78, 5) is 12.5. The van der Waals surface area contributed by atoms with Crippen LogP contribution in [0.1, 0.15) is 31.0 Å². The van der Waals surface area contributed by atoms with Gasteiger partial charge >= 0.3 is 0 Å². The van der Waals surface area contributed by atoms with Crippen molar-refractivity contribution in [1.29, 1.82) is 0 Å². The highest BCUT2D eigenvalue weighted by molar-refractivity contribution is 5.81. The second-order valence-corrected chi connectivity index (χ2v) is 7.50. The number of benzene rings is 3. The van der Waals surface area contributed by atoms with Gasteiger partial charge in [-0.25, -0.2) is 0 Å². The van der Waals surface area contributed by atoms with E-state index in [1.807, 2.05) is 43.3 Å². The number of hydrogen-bond acceptors (Lipinski definition) is 4.